The second kappa shape index (κ2) is 33.4. The molecule has 404 valence electrons. The highest BCUT2D eigenvalue weighted by atomic mass is 31.3. The summed E-state index contributed by atoms with van der Waals surface area (Å²) in [6.45, 7) is 3.88. The lowest BCUT2D eigenvalue weighted by atomic mass is 9.88. The number of rotatable bonds is 23. The lowest BCUT2D eigenvalue weighted by molar-refractivity contribution is -0.167. The lowest BCUT2D eigenvalue weighted by Gasteiger charge is -2.36. The van der Waals surface area contributed by atoms with Crippen LogP contribution in [0.5, 0.6) is 0 Å². The maximum atomic E-state index is 13.8. The summed E-state index contributed by atoms with van der Waals surface area (Å²) in [5, 5.41) is 33.8. The van der Waals surface area contributed by atoms with Crippen LogP contribution in [-0.2, 0) is 51.1 Å². The molecule has 22 heteroatoms. The number of allylic oxidation sites excluding steroid dienone is 3. The summed E-state index contributed by atoms with van der Waals surface area (Å²) in [4.78, 5) is 77.8. The lowest BCUT2D eigenvalue weighted by Crippen LogP contribution is -2.49. The number of anilines is 1. The number of hydrogen-bond acceptors (Lipinski definition) is 17. The van der Waals surface area contributed by atoms with Crippen molar-refractivity contribution < 1.29 is 76.2 Å². The summed E-state index contributed by atoms with van der Waals surface area (Å²) in [7, 11) is -11.2. The van der Waals surface area contributed by atoms with Gasteiger partial charge in [-0.3, -0.25) is 28.0 Å². The van der Waals surface area contributed by atoms with Crippen molar-refractivity contribution in [2.75, 3.05) is 25.6 Å². The minimum Gasteiger partial charge on any atom is -0.462 e. The Bertz CT molecular complexity index is 2000. The first-order valence-electron chi connectivity index (χ1n) is 25.4. The largest absolute Gasteiger partial charge is 0.481 e. The van der Waals surface area contributed by atoms with Crippen molar-refractivity contribution in [3.8, 4) is 0 Å². The number of aliphatic hydroxyl groups excluding tert-OH is 3. The van der Waals surface area contributed by atoms with E-state index in [1.165, 1.54) is 75.4 Å². The number of phosphoric acid groups is 2. The van der Waals surface area contributed by atoms with Crippen LogP contribution in [0.4, 0.5) is 5.82 Å². The quantitative estimate of drug-likeness (QED) is 0.0263. The molecule has 7 N–H and O–H groups in total. The van der Waals surface area contributed by atoms with E-state index >= 15 is 0 Å². The van der Waals surface area contributed by atoms with E-state index in [4.69, 9.17) is 29.0 Å². The Morgan fingerprint density at radius 3 is 2.23 bits per heavy atom. The Labute approximate surface area is 418 Å². The highest BCUT2D eigenvalue weighted by Gasteiger charge is 2.42. The van der Waals surface area contributed by atoms with Gasteiger partial charge in [-0.05, 0) is 50.2 Å². The van der Waals surface area contributed by atoms with Crippen molar-refractivity contribution in [2.24, 2.45) is 17.8 Å². The van der Waals surface area contributed by atoms with Gasteiger partial charge < -0.3 is 45.1 Å². The molecule has 0 spiro atoms. The predicted octanol–water partition coefficient (Wildman–Crippen LogP) is 7.86. The van der Waals surface area contributed by atoms with E-state index < -0.39 is 107 Å². The predicted molar refractivity (Wildman–Crippen MR) is 265 cm³/mol. The summed E-state index contributed by atoms with van der Waals surface area (Å²) in [6, 6.07) is 1.28. The first-order valence-corrected chi connectivity index (χ1v) is 28.4. The molecule has 71 heavy (non-hydrogen) atoms. The minimum absolute atomic E-state index is 0.0531. The third-order valence-corrected chi connectivity index (χ3v) is 15.1. The molecule has 11 atom stereocenters. The monoisotopic (exact) mass is 1050 g/mol. The van der Waals surface area contributed by atoms with E-state index in [-0.39, 0.29) is 31.5 Å². The molecule has 2 aliphatic heterocycles. The average molecular weight is 1050 g/mol. The number of ketones is 1. The van der Waals surface area contributed by atoms with Crippen LogP contribution in [0.3, 0.4) is 0 Å². The number of esters is 2. The van der Waals surface area contributed by atoms with Crippen LogP contribution in [0.25, 0.3) is 0 Å². The number of aromatic nitrogens is 2. The minimum atomic E-state index is -5.67. The van der Waals surface area contributed by atoms with Crippen LogP contribution in [0.2, 0.25) is 0 Å². The number of cyclic esters (lactones) is 1. The van der Waals surface area contributed by atoms with Crippen LogP contribution in [0.1, 0.15) is 162 Å². The Hall–Kier alpha value is -3.39. The number of aliphatic hydroxyl groups is 3. The van der Waals surface area contributed by atoms with Crippen molar-refractivity contribution in [3.05, 3.63) is 59.2 Å². The normalized spacial score (nSPS) is 28.6. The van der Waals surface area contributed by atoms with Gasteiger partial charge in [0.15, 0.2) is 11.9 Å². The van der Waals surface area contributed by atoms with Crippen LogP contribution in [-0.4, -0.2) is 103 Å². The van der Waals surface area contributed by atoms with Gasteiger partial charge in [0.05, 0.1) is 31.3 Å². The van der Waals surface area contributed by atoms with Gasteiger partial charge in [0.25, 0.3) is 0 Å². The number of hydrogen-bond donors (Lipinski definition) is 6. The second-order valence-electron chi connectivity index (χ2n) is 18.6. The molecule has 0 fully saturated rings. The topological polar surface area (TPSA) is 303 Å². The molecule has 0 aromatic carbocycles. The SMILES string of the molecule is CCCCC[C@H](O)C=C[C@H]1C(=O)C=C[C@@H]2CC=CCCCC(=O)O[C@H](COC(=O)CCCCCCCCCCCCC(C)CC)COP(=O)(O)OP(=O)(O)OC[C@@H](O[C@H]2n2ccc(N)nc2=O)[C@@H](O)[C@H]1O. The Morgan fingerprint density at radius 2 is 1.56 bits per heavy atom. The van der Waals surface area contributed by atoms with Crippen LogP contribution in [0.15, 0.2) is 53.5 Å². The zero-order valence-electron chi connectivity index (χ0n) is 41.8. The molecule has 0 amide bonds. The van der Waals surface area contributed by atoms with Crippen molar-refractivity contribution in [3.63, 3.8) is 0 Å². The molecule has 2 bridgehead atoms. The summed E-state index contributed by atoms with van der Waals surface area (Å²) in [6.07, 6.45) is 16.5. The summed E-state index contributed by atoms with van der Waals surface area (Å²) >= 11 is 0. The van der Waals surface area contributed by atoms with Gasteiger partial charge in [-0.25, -0.2) is 13.9 Å². The molecule has 2 aliphatic rings. The van der Waals surface area contributed by atoms with Gasteiger partial charge in [-0.15, -0.1) is 0 Å². The summed E-state index contributed by atoms with van der Waals surface area (Å²) in [5.74, 6) is -3.86. The first-order chi connectivity index (χ1) is 33.8. The van der Waals surface area contributed by atoms with Crippen LogP contribution < -0.4 is 11.4 Å². The number of nitrogen functional groups attached to an aromatic ring is 1. The number of unbranched alkanes of at least 4 members (excludes halogenated alkanes) is 11. The van der Waals surface area contributed by atoms with Gasteiger partial charge in [0.1, 0.15) is 30.9 Å². The summed E-state index contributed by atoms with van der Waals surface area (Å²) in [5.41, 5.74) is 4.83. The van der Waals surface area contributed by atoms with Gasteiger partial charge in [0, 0.05) is 25.0 Å². The third kappa shape index (κ3) is 24.9. The smallest absolute Gasteiger partial charge is 0.462 e. The van der Waals surface area contributed by atoms with Gasteiger partial charge in [-0.1, -0.05) is 141 Å². The maximum Gasteiger partial charge on any atom is 0.481 e. The van der Waals surface area contributed by atoms with E-state index in [2.05, 4.69) is 23.1 Å². The number of nitrogens with zero attached hydrogens (tertiary/aromatic N) is 2. The molecule has 3 unspecified atom stereocenters. The molecule has 3 rings (SSSR count). The average Bonchev–Trinajstić information content (AvgIpc) is 3.31. The van der Waals surface area contributed by atoms with Crippen molar-refractivity contribution in [2.45, 2.75) is 192 Å². The first kappa shape index (κ1) is 61.9. The fourth-order valence-electron chi connectivity index (χ4n) is 8.02. The number of nitrogens with two attached hydrogens (primary N) is 1. The molecular weight excluding hydrogens is 964 g/mol. The number of carbonyl (C=O) groups is 3. The fourth-order valence-corrected chi connectivity index (χ4v) is 10.1. The third-order valence-electron chi connectivity index (χ3n) is 12.5. The fraction of sp³-hybridized carbons (Fsp3) is 0.735. The molecule has 0 radical (unpaired) electrons. The van der Waals surface area contributed by atoms with E-state index in [1.54, 1.807) is 12.2 Å². The van der Waals surface area contributed by atoms with Crippen LogP contribution >= 0.6 is 15.6 Å². The van der Waals surface area contributed by atoms with E-state index in [1.807, 2.05) is 6.92 Å². The van der Waals surface area contributed by atoms with Crippen molar-refractivity contribution in [1.29, 1.82) is 0 Å². The zero-order valence-corrected chi connectivity index (χ0v) is 43.6. The zero-order chi connectivity index (χ0) is 52.2. The highest BCUT2D eigenvalue weighted by Crippen LogP contribution is 2.60. The van der Waals surface area contributed by atoms with E-state index in [9.17, 15) is 53.4 Å². The molecule has 0 aliphatic carbocycles. The highest BCUT2D eigenvalue weighted by molar-refractivity contribution is 7.61. The number of fused-ring (bicyclic) bond motifs is 3. The Balaban J connectivity index is 1.78. The standard InChI is InChI=1S/C49H81N3O17P2/c1-4-6-17-24-38(53)28-29-40-41(54)30-27-37-23-19-15-16-21-26-45(56)67-39(33-64-44(55)25-20-14-12-10-8-7-9-11-13-18-22-36(3)5-2)34-65-70(60,61)69-71(62,63)66-35-42(47(58)46(40)57)68-48(37)52-32-31-43(50)51-49(52)59/h15,19,27-32,36-40,42,46-48,53,57-58H,4-14,16-18,20-26,33-35H2,1-3H3,(H,60,61)(H,62,63)(H2,50,51,59)/t36?,37-,38-,39+,40-,42+,46-,47+,48+/m0/s1. The van der Waals surface area contributed by atoms with Crippen molar-refractivity contribution >= 4 is 39.2 Å². The Morgan fingerprint density at radius 1 is 0.915 bits per heavy atom. The number of carbonyl (C=O) groups excluding carboxylic acids is 3. The summed E-state index contributed by atoms with van der Waals surface area (Å²) < 4.78 is 59.0. The van der Waals surface area contributed by atoms with Gasteiger partial charge >= 0.3 is 33.3 Å². The molecule has 0 saturated carbocycles. The molecular formula is C49H81N3O17P2. The van der Waals surface area contributed by atoms with E-state index in [0.29, 0.717) is 25.7 Å². The van der Waals surface area contributed by atoms with Gasteiger partial charge in [0.2, 0.25) is 0 Å². The van der Waals surface area contributed by atoms with Crippen molar-refractivity contribution in [1.82, 2.24) is 9.55 Å². The molecule has 1 aromatic rings. The van der Waals surface area contributed by atoms with Crippen LogP contribution in [0, 0.1) is 17.8 Å². The van der Waals surface area contributed by atoms with Gasteiger partial charge in [-0.2, -0.15) is 9.29 Å². The molecule has 1 aromatic heterocycles. The molecule has 3 heterocycles. The second-order valence-corrected chi connectivity index (χ2v) is 21.6. The molecule has 20 nitrogen and oxygen atoms in total. The number of phosphoric ester groups is 2. The Kier molecular flexibility index (Phi) is 29.2. The van der Waals surface area contributed by atoms with E-state index in [0.717, 1.165) is 55.1 Å². The molecule has 0 saturated heterocycles. The maximum absolute atomic E-state index is 13.8. The number of ether oxygens (including phenoxy) is 3.